The van der Waals surface area contributed by atoms with Crippen LogP contribution in [0.5, 0.6) is 5.75 Å². The van der Waals surface area contributed by atoms with Crippen molar-refractivity contribution < 1.29 is 42.5 Å². The Labute approximate surface area is 234 Å². The minimum absolute atomic E-state index is 0.0500. The highest BCUT2D eigenvalue weighted by atomic mass is 32.2. The van der Waals surface area contributed by atoms with Gasteiger partial charge >= 0.3 is 6.09 Å². The number of hydrogen-bond acceptors (Lipinski definition) is 9. The molecule has 2 heterocycles. The highest BCUT2D eigenvalue weighted by molar-refractivity contribution is 7.89. The number of aliphatic hydroxyl groups excluding tert-OH is 1. The van der Waals surface area contributed by atoms with Gasteiger partial charge in [0.15, 0.2) is 6.29 Å². The zero-order valence-corrected chi connectivity index (χ0v) is 22.9. The van der Waals surface area contributed by atoms with Gasteiger partial charge in [-0.1, -0.05) is 53.7 Å². The van der Waals surface area contributed by atoms with Crippen molar-refractivity contribution in [1.29, 1.82) is 0 Å². The second-order valence-electron chi connectivity index (χ2n) is 10.5. The first-order chi connectivity index (χ1) is 19.3. The summed E-state index contributed by atoms with van der Waals surface area (Å²) in [7, 11) is -4.25. The van der Waals surface area contributed by atoms with Gasteiger partial charge in [0.25, 0.3) is 10.0 Å². The number of amides is 1. The third-order valence-corrected chi connectivity index (χ3v) is 9.22. The fraction of sp³-hybridized carbons (Fsp3) is 0.536. The molecule has 2 aliphatic heterocycles. The van der Waals surface area contributed by atoms with Crippen LogP contribution in [-0.2, 0) is 35.5 Å². The number of nitrogens with zero attached hydrogens (tertiary/aromatic N) is 1. The van der Waals surface area contributed by atoms with Crippen molar-refractivity contribution in [2.24, 2.45) is 5.92 Å². The van der Waals surface area contributed by atoms with Gasteiger partial charge in [0.05, 0.1) is 48.8 Å². The number of phenolic OH excluding ortho intramolecular Hbond substituents is 1. The molecule has 0 bridgehead atoms. The molecule has 3 N–H and O–H groups in total. The number of aliphatic hydroxyl groups is 1. The molecule has 1 unspecified atom stereocenters. The van der Waals surface area contributed by atoms with Crippen LogP contribution in [0.25, 0.3) is 0 Å². The first kappa shape index (κ1) is 28.8. The van der Waals surface area contributed by atoms with Crippen LogP contribution in [0.15, 0.2) is 59.5 Å². The van der Waals surface area contributed by atoms with Crippen LogP contribution in [0.2, 0.25) is 0 Å². The van der Waals surface area contributed by atoms with Gasteiger partial charge in [0, 0.05) is 0 Å². The fourth-order valence-electron chi connectivity index (χ4n) is 5.42. The summed E-state index contributed by atoms with van der Waals surface area (Å²) in [5.41, 5.74) is 0.833. The van der Waals surface area contributed by atoms with Crippen LogP contribution in [0.1, 0.15) is 37.7 Å². The smallest absolute Gasteiger partial charge is 0.407 e. The average molecular weight is 577 g/mol. The fourth-order valence-corrected chi connectivity index (χ4v) is 6.76. The number of benzene rings is 2. The molecule has 2 aromatic rings. The van der Waals surface area contributed by atoms with Crippen molar-refractivity contribution in [3.05, 3.63) is 60.2 Å². The van der Waals surface area contributed by atoms with Crippen LogP contribution < -0.4 is 5.32 Å². The minimum atomic E-state index is -4.25. The van der Waals surface area contributed by atoms with Gasteiger partial charge < -0.3 is 29.7 Å². The summed E-state index contributed by atoms with van der Waals surface area (Å²) in [5.74, 6) is -0.259. The molecule has 12 heteroatoms. The van der Waals surface area contributed by atoms with Gasteiger partial charge in [-0.15, -0.1) is 0 Å². The maximum absolute atomic E-state index is 13.6. The first-order valence-electron chi connectivity index (χ1n) is 13.7. The van der Waals surface area contributed by atoms with E-state index in [1.165, 1.54) is 18.2 Å². The SMILES string of the molecule is O=C(NC(Cc1ccccc1)[C@H](O)CN(OC1CCCC1)S(=O)(=O)c1cccc(O)c1)O[C@H]1CO[C@H]2OCC[C@H]21. The number of ether oxygens (including phenoxy) is 3. The lowest BCUT2D eigenvalue weighted by molar-refractivity contribution is -0.145. The van der Waals surface area contributed by atoms with Crippen LogP contribution in [-0.4, -0.2) is 79.6 Å². The van der Waals surface area contributed by atoms with Gasteiger partial charge in [-0.05, 0) is 49.4 Å². The summed E-state index contributed by atoms with van der Waals surface area (Å²) in [5, 5.41) is 24.0. The molecule has 0 radical (unpaired) electrons. The number of alkyl carbamates (subject to hydrolysis) is 1. The zero-order valence-electron chi connectivity index (χ0n) is 22.1. The molecule has 40 heavy (non-hydrogen) atoms. The molecular weight excluding hydrogens is 540 g/mol. The summed E-state index contributed by atoms with van der Waals surface area (Å²) in [4.78, 5) is 18.7. The summed E-state index contributed by atoms with van der Waals surface area (Å²) in [6, 6.07) is 13.6. The number of sulfonamides is 1. The zero-order chi connectivity index (χ0) is 28.1. The van der Waals surface area contributed by atoms with Crippen LogP contribution >= 0.6 is 0 Å². The average Bonchev–Trinajstić information content (AvgIpc) is 3.69. The van der Waals surface area contributed by atoms with E-state index < -0.39 is 40.9 Å². The highest BCUT2D eigenvalue weighted by Gasteiger charge is 2.44. The van der Waals surface area contributed by atoms with Crippen molar-refractivity contribution in [3.8, 4) is 5.75 Å². The summed E-state index contributed by atoms with van der Waals surface area (Å²) < 4.78 is 44.7. The first-order valence-corrected chi connectivity index (χ1v) is 15.1. The molecular formula is C28H36N2O9S. The maximum atomic E-state index is 13.6. The Morgan fingerprint density at radius 3 is 2.60 bits per heavy atom. The Morgan fingerprint density at radius 2 is 1.85 bits per heavy atom. The van der Waals surface area contributed by atoms with E-state index in [1.807, 2.05) is 30.3 Å². The van der Waals surface area contributed by atoms with Crippen LogP contribution in [0, 0.1) is 5.92 Å². The standard InChI is InChI=1S/C28H36N2O9S/c31-20-9-6-12-22(16-20)40(34,35)30(39-21-10-4-5-11-21)17-25(32)24(15-19-7-2-1-3-8-19)29-28(33)38-26-18-37-27-23(26)13-14-36-27/h1-3,6-9,12,16,21,23-27,31-32H,4-5,10-11,13-15,17-18H2,(H,29,33)/t23-,24?,25+,26-,27+/m0/s1. The van der Waals surface area contributed by atoms with E-state index in [0.29, 0.717) is 19.4 Å². The monoisotopic (exact) mass is 576 g/mol. The predicted molar refractivity (Wildman–Crippen MR) is 142 cm³/mol. The van der Waals surface area contributed by atoms with E-state index in [2.05, 4.69) is 5.32 Å². The molecule has 5 rings (SSSR count). The lowest BCUT2D eigenvalue weighted by Gasteiger charge is -2.31. The predicted octanol–water partition coefficient (Wildman–Crippen LogP) is 2.72. The Kier molecular flexibility index (Phi) is 9.24. The van der Waals surface area contributed by atoms with E-state index in [4.69, 9.17) is 19.0 Å². The summed E-state index contributed by atoms with van der Waals surface area (Å²) in [6.07, 6.45) is 0.866. The molecule has 11 nitrogen and oxygen atoms in total. The second kappa shape index (κ2) is 12.8. The lowest BCUT2D eigenvalue weighted by atomic mass is 10.0. The Morgan fingerprint density at radius 1 is 1.07 bits per heavy atom. The maximum Gasteiger partial charge on any atom is 0.407 e. The van der Waals surface area contributed by atoms with Gasteiger partial charge in [-0.25, -0.2) is 13.2 Å². The molecule has 3 aliphatic rings. The Balaban J connectivity index is 1.34. The quantitative estimate of drug-likeness (QED) is 0.344. The molecule has 5 atom stereocenters. The number of nitrogens with one attached hydrogen (secondary N) is 1. The summed E-state index contributed by atoms with van der Waals surface area (Å²) >= 11 is 0. The summed E-state index contributed by atoms with van der Waals surface area (Å²) in [6.45, 7) is 0.313. The van der Waals surface area contributed by atoms with Crippen LogP contribution in [0.3, 0.4) is 0 Å². The number of phenols is 1. The largest absolute Gasteiger partial charge is 0.508 e. The van der Waals surface area contributed by atoms with Crippen molar-refractivity contribution in [1.82, 2.24) is 9.79 Å². The Hall–Kier alpha value is -2.74. The third kappa shape index (κ3) is 6.93. The van der Waals surface area contributed by atoms with E-state index in [9.17, 15) is 23.4 Å². The minimum Gasteiger partial charge on any atom is -0.508 e. The third-order valence-electron chi connectivity index (χ3n) is 7.60. The lowest BCUT2D eigenvalue weighted by Crippen LogP contribution is -2.51. The van der Waals surface area contributed by atoms with Gasteiger partial charge in [-0.2, -0.15) is 0 Å². The molecule has 2 aromatic carbocycles. The number of hydroxylamine groups is 1. The molecule has 0 spiro atoms. The normalized spacial score (nSPS) is 24.6. The number of aromatic hydroxyl groups is 1. The molecule has 0 aromatic heterocycles. The van der Waals surface area contributed by atoms with Gasteiger partial charge in [-0.3, -0.25) is 4.84 Å². The van der Waals surface area contributed by atoms with Gasteiger partial charge in [0.1, 0.15) is 11.9 Å². The van der Waals surface area contributed by atoms with E-state index in [0.717, 1.165) is 35.4 Å². The van der Waals surface area contributed by atoms with Crippen LogP contribution in [0.4, 0.5) is 4.79 Å². The van der Waals surface area contributed by atoms with Gasteiger partial charge in [0.2, 0.25) is 0 Å². The second-order valence-corrected chi connectivity index (χ2v) is 12.3. The highest BCUT2D eigenvalue weighted by Crippen LogP contribution is 2.33. The van der Waals surface area contributed by atoms with E-state index in [-0.39, 0.29) is 42.0 Å². The Bertz CT molecular complexity index is 1240. The molecule has 3 fully saturated rings. The topological polar surface area (TPSA) is 144 Å². The molecule has 1 amide bonds. The molecule has 2 saturated heterocycles. The number of carbonyl (C=O) groups is 1. The molecule has 1 aliphatic carbocycles. The molecule has 1 saturated carbocycles. The number of hydrogen-bond donors (Lipinski definition) is 3. The number of rotatable bonds is 11. The molecule has 218 valence electrons. The number of fused-ring (bicyclic) bond motifs is 1. The van der Waals surface area contributed by atoms with Crippen molar-refractivity contribution in [2.45, 2.75) is 74.1 Å². The number of carbonyl (C=O) groups excluding carboxylic acids is 1. The van der Waals surface area contributed by atoms with E-state index >= 15 is 0 Å². The van der Waals surface area contributed by atoms with E-state index in [1.54, 1.807) is 0 Å². The van der Waals surface area contributed by atoms with Crippen molar-refractivity contribution in [3.63, 3.8) is 0 Å². The van der Waals surface area contributed by atoms with Crippen molar-refractivity contribution in [2.75, 3.05) is 19.8 Å². The van der Waals surface area contributed by atoms with Crippen molar-refractivity contribution >= 4 is 16.1 Å².